The second-order valence-corrected chi connectivity index (χ2v) is 7.76. The van der Waals surface area contributed by atoms with Crippen molar-refractivity contribution in [3.8, 4) is 40.0 Å². The van der Waals surface area contributed by atoms with E-state index in [0.29, 0.717) is 23.8 Å². The Morgan fingerprint density at radius 3 is 2.15 bits per heavy atom. The molecule has 0 saturated heterocycles. The number of nitrogens with two attached hydrogens (primary N) is 1. The summed E-state index contributed by atoms with van der Waals surface area (Å²) >= 11 is 0. The number of H-pyrrole nitrogens is 1. The molecule has 0 atom stereocenters. The van der Waals surface area contributed by atoms with Gasteiger partial charge in [-0.2, -0.15) is 0 Å². The van der Waals surface area contributed by atoms with Crippen LogP contribution >= 0.6 is 0 Å². The number of aromatic nitrogens is 1. The number of aryl methyl sites for hydroxylation is 1. The fourth-order valence-corrected chi connectivity index (χ4v) is 4.09. The van der Waals surface area contributed by atoms with Gasteiger partial charge in [-0.1, -0.05) is 18.2 Å². The number of ether oxygens (including phenoxy) is 4. The third-order valence-corrected chi connectivity index (χ3v) is 5.69. The summed E-state index contributed by atoms with van der Waals surface area (Å²) in [5.41, 5.74) is 10.0. The van der Waals surface area contributed by atoms with E-state index < -0.39 is 0 Å². The molecule has 0 aliphatic carbocycles. The summed E-state index contributed by atoms with van der Waals surface area (Å²) in [5.74, 6) is 3.41. The van der Waals surface area contributed by atoms with Crippen LogP contribution in [0.4, 0.5) is 0 Å². The Labute approximate surface area is 194 Å². The molecule has 0 aliphatic heterocycles. The number of nitrogens with one attached hydrogen (secondary N) is 1. The fourth-order valence-electron chi connectivity index (χ4n) is 4.09. The smallest absolute Gasteiger partial charge is 0.203 e. The number of hydrogen-bond donors (Lipinski definition) is 2. The Hall–Kier alpha value is -3.64. The molecule has 1 heterocycles. The Kier molecular flexibility index (Phi) is 7.05. The highest BCUT2D eigenvalue weighted by molar-refractivity contribution is 5.92. The molecule has 0 unspecified atom stereocenters. The van der Waals surface area contributed by atoms with Crippen LogP contribution < -0.4 is 24.7 Å². The maximum Gasteiger partial charge on any atom is 0.203 e. The van der Waals surface area contributed by atoms with Gasteiger partial charge in [0.1, 0.15) is 11.5 Å². The second-order valence-electron chi connectivity index (χ2n) is 7.76. The molecule has 4 rings (SSSR count). The topological polar surface area (TPSA) is 78.7 Å². The molecule has 0 bridgehead atoms. The van der Waals surface area contributed by atoms with Crippen molar-refractivity contribution < 1.29 is 18.9 Å². The van der Waals surface area contributed by atoms with Crippen molar-refractivity contribution in [1.82, 2.24) is 4.98 Å². The lowest BCUT2D eigenvalue weighted by Crippen LogP contribution is -2.00. The summed E-state index contributed by atoms with van der Waals surface area (Å²) in [5, 5.41) is 1.13. The number of para-hydroxylation sites is 1. The van der Waals surface area contributed by atoms with Crippen LogP contribution in [0, 0.1) is 0 Å². The van der Waals surface area contributed by atoms with Gasteiger partial charge in [0.25, 0.3) is 0 Å². The quantitative estimate of drug-likeness (QED) is 0.295. The highest BCUT2D eigenvalue weighted by atomic mass is 16.5. The normalized spacial score (nSPS) is 10.9. The molecule has 0 aliphatic rings. The highest BCUT2D eigenvalue weighted by Crippen LogP contribution is 2.43. The minimum Gasteiger partial charge on any atom is -0.493 e. The average Bonchev–Trinajstić information content (AvgIpc) is 3.21. The molecule has 33 heavy (non-hydrogen) atoms. The third-order valence-electron chi connectivity index (χ3n) is 5.69. The molecular formula is C27H30N2O4. The van der Waals surface area contributed by atoms with Gasteiger partial charge in [0.05, 0.1) is 21.3 Å². The van der Waals surface area contributed by atoms with Crippen molar-refractivity contribution in [2.45, 2.75) is 19.3 Å². The summed E-state index contributed by atoms with van der Waals surface area (Å²) in [6.45, 7) is 0.671. The second kappa shape index (κ2) is 10.3. The monoisotopic (exact) mass is 446 g/mol. The first-order valence-corrected chi connectivity index (χ1v) is 11.1. The molecule has 172 valence electrons. The zero-order valence-electron chi connectivity index (χ0n) is 19.3. The van der Waals surface area contributed by atoms with E-state index in [9.17, 15) is 0 Å². The molecule has 0 saturated carbocycles. The summed E-state index contributed by atoms with van der Waals surface area (Å²) in [4.78, 5) is 3.60. The first kappa shape index (κ1) is 22.6. The Morgan fingerprint density at radius 1 is 0.788 bits per heavy atom. The van der Waals surface area contributed by atoms with Crippen molar-refractivity contribution in [3.63, 3.8) is 0 Å². The molecule has 6 heteroatoms. The minimum atomic E-state index is 0.572. The number of fused-ring (bicyclic) bond motifs is 1. The summed E-state index contributed by atoms with van der Waals surface area (Å²) in [6, 6.07) is 19.9. The van der Waals surface area contributed by atoms with Gasteiger partial charge in [0.2, 0.25) is 5.75 Å². The molecule has 3 N–H and O–H groups in total. The number of methoxy groups -OCH3 is 3. The zero-order valence-corrected chi connectivity index (χ0v) is 19.3. The van der Waals surface area contributed by atoms with Crippen LogP contribution in [0.3, 0.4) is 0 Å². The van der Waals surface area contributed by atoms with Gasteiger partial charge in [-0.05, 0) is 73.8 Å². The van der Waals surface area contributed by atoms with Gasteiger partial charge >= 0.3 is 0 Å². The van der Waals surface area contributed by atoms with E-state index in [2.05, 4.69) is 17.1 Å². The van der Waals surface area contributed by atoms with Gasteiger partial charge in [0.15, 0.2) is 11.5 Å². The van der Waals surface area contributed by atoms with Crippen LogP contribution in [0.2, 0.25) is 0 Å². The predicted molar refractivity (Wildman–Crippen MR) is 132 cm³/mol. The van der Waals surface area contributed by atoms with Crippen molar-refractivity contribution in [1.29, 1.82) is 0 Å². The number of benzene rings is 3. The van der Waals surface area contributed by atoms with E-state index in [-0.39, 0.29) is 0 Å². The number of aromatic amines is 1. The molecule has 0 fully saturated rings. The molecular weight excluding hydrogens is 416 g/mol. The molecule has 0 amide bonds. The van der Waals surface area contributed by atoms with Gasteiger partial charge in [-0.15, -0.1) is 0 Å². The standard InChI is InChI=1S/C27H30N2O4/c1-30-24-15-18(16-25(31-2)27(24)32-3)26-21(11-7-8-14-28)22-17-20(12-13-23(22)29-26)33-19-9-5-4-6-10-19/h4-6,9-10,12-13,15-17,29H,7-8,11,14,28H2,1-3H3. The third kappa shape index (κ3) is 4.76. The first-order valence-electron chi connectivity index (χ1n) is 11.1. The van der Waals surface area contributed by atoms with Gasteiger partial charge in [-0.25, -0.2) is 0 Å². The maximum absolute atomic E-state index is 6.09. The Bertz CT molecular complexity index is 1190. The predicted octanol–water partition coefficient (Wildman–Crippen LogP) is 5.93. The fraction of sp³-hybridized carbons (Fsp3) is 0.259. The number of rotatable bonds is 10. The van der Waals surface area contributed by atoms with E-state index in [0.717, 1.165) is 52.9 Å². The van der Waals surface area contributed by atoms with Gasteiger partial charge in [-0.3, -0.25) is 0 Å². The number of hydrogen-bond acceptors (Lipinski definition) is 5. The molecule has 4 aromatic rings. The molecule has 0 spiro atoms. The Balaban J connectivity index is 1.82. The SMILES string of the molecule is COc1cc(-c2[nH]c3ccc(Oc4ccccc4)cc3c2CCCCN)cc(OC)c1OC. The Morgan fingerprint density at radius 2 is 1.52 bits per heavy atom. The highest BCUT2D eigenvalue weighted by Gasteiger charge is 2.19. The summed E-state index contributed by atoms with van der Waals surface area (Å²) < 4.78 is 22.8. The lowest BCUT2D eigenvalue weighted by Gasteiger charge is -2.14. The summed E-state index contributed by atoms with van der Waals surface area (Å²) in [7, 11) is 4.86. The average molecular weight is 447 g/mol. The molecule has 0 radical (unpaired) electrons. The van der Waals surface area contributed by atoms with Crippen LogP contribution in [0.15, 0.2) is 60.7 Å². The van der Waals surface area contributed by atoms with Crippen molar-refractivity contribution >= 4 is 10.9 Å². The van der Waals surface area contributed by atoms with Crippen LogP contribution in [0.5, 0.6) is 28.7 Å². The van der Waals surface area contributed by atoms with Gasteiger partial charge < -0.3 is 29.7 Å². The van der Waals surface area contributed by atoms with E-state index >= 15 is 0 Å². The van der Waals surface area contributed by atoms with Crippen molar-refractivity contribution in [2.75, 3.05) is 27.9 Å². The van der Waals surface area contributed by atoms with Crippen LogP contribution in [-0.2, 0) is 6.42 Å². The lowest BCUT2D eigenvalue weighted by molar-refractivity contribution is 0.324. The first-order chi connectivity index (χ1) is 16.2. The van der Waals surface area contributed by atoms with E-state index in [1.807, 2.05) is 48.5 Å². The van der Waals surface area contributed by atoms with E-state index in [1.165, 1.54) is 5.56 Å². The van der Waals surface area contributed by atoms with E-state index in [1.54, 1.807) is 21.3 Å². The van der Waals surface area contributed by atoms with Crippen molar-refractivity contribution in [3.05, 3.63) is 66.2 Å². The van der Waals surface area contributed by atoms with E-state index in [4.69, 9.17) is 24.7 Å². The van der Waals surface area contributed by atoms with Crippen LogP contribution in [-0.4, -0.2) is 32.9 Å². The summed E-state index contributed by atoms with van der Waals surface area (Å²) in [6.07, 6.45) is 2.84. The number of unbranched alkanes of at least 4 members (excludes halogenated alkanes) is 1. The van der Waals surface area contributed by atoms with Gasteiger partial charge in [0, 0.05) is 22.2 Å². The lowest BCUT2D eigenvalue weighted by atomic mass is 9.99. The molecule has 3 aromatic carbocycles. The largest absolute Gasteiger partial charge is 0.493 e. The van der Waals surface area contributed by atoms with Crippen LogP contribution in [0.25, 0.3) is 22.2 Å². The zero-order chi connectivity index (χ0) is 23.2. The maximum atomic E-state index is 6.09. The molecule has 6 nitrogen and oxygen atoms in total. The minimum absolute atomic E-state index is 0.572. The van der Waals surface area contributed by atoms with Crippen LogP contribution in [0.1, 0.15) is 18.4 Å². The molecule has 1 aromatic heterocycles. The van der Waals surface area contributed by atoms with Crippen molar-refractivity contribution in [2.24, 2.45) is 5.73 Å².